The Kier molecular flexibility index (Phi) is 5.92. The predicted octanol–water partition coefficient (Wildman–Crippen LogP) is 3.39. The molecule has 3 N–H and O–H groups in total. The van der Waals surface area contributed by atoms with Crippen LogP contribution in [0.2, 0.25) is 10.0 Å². The summed E-state index contributed by atoms with van der Waals surface area (Å²) in [6.45, 7) is 1.36. The standard InChI is InChI=1S/C16H15Cl2F3N6O/c17-9-1-2-10(18)8(5-9)7-27-4-3-24-13(23)12(27)6-11(22)14-25-15(26-28-14)16(19,20)21/h1-2,5,12,22H,3-4,6-7H2,(H2,23,24). The third-order valence-corrected chi connectivity index (χ3v) is 4.78. The fraction of sp³-hybridized carbons (Fsp3) is 0.375. The molecule has 150 valence electrons. The molecular weight excluding hydrogens is 420 g/mol. The van der Waals surface area contributed by atoms with Crippen LogP contribution >= 0.6 is 23.2 Å². The van der Waals surface area contributed by atoms with Crippen LogP contribution in [0.5, 0.6) is 0 Å². The van der Waals surface area contributed by atoms with Gasteiger partial charge in [0, 0.05) is 29.6 Å². The van der Waals surface area contributed by atoms with Crippen LogP contribution in [0.3, 0.4) is 0 Å². The van der Waals surface area contributed by atoms with Gasteiger partial charge in [-0.1, -0.05) is 28.4 Å². The fourth-order valence-corrected chi connectivity index (χ4v) is 3.18. The SMILES string of the molecule is N=C(CC1C(N)=NCCN1Cc1cc(Cl)ccc1Cl)c1nc(C(F)(F)F)no1. The first-order valence-corrected chi connectivity index (χ1v) is 8.87. The summed E-state index contributed by atoms with van der Waals surface area (Å²) in [5.74, 6) is -1.67. The maximum atomic E-state index is 12.6. The summed E-state index contributed by atoms with van der Waals surface area (Å²) in [5.41, 5.74) is 6.49. The van der Waals surface area contributed by atoms with Gasteiger partial charge >= 0.3 is 6.18 Å². The van der Waals surface area contributed by atoms with Gasteiger partial charge in [0.25, 0.3) is 11.7 Å². The molecule has 0 radical (unpaired) electrons. The molecule has 0 fully saturated rings. The Morgan fingerprint density at radius 3 is 2.79 bits per heavy atom. The van der Waals surface area contributed by atoms with Crippen molar-refractivity contribution in [3.05, 3.63) is 45.5 Å². The van der Waals surface area contributed by atoms with Gasteiger partial charge in [-0.05, 0) is 23.8 Å². The van der Waals surface area contributed by atoms with Crippen LogP contribution in [0, 0.1) is 5.41 Å². The second kappa shape index (κ2) is 8.06. The highest BCUT2D eigenvalue weighted by atomic mass is 35.5. The first kappa shape index (κ1) is 20.6. The van der Waals surface area contributed by atoms with E-state index in [0.717, 1.165) is 5.56 Å². The monoisotopic (exact) mass is 434 g/mol. The summed E-state index contributed by atoms with van der Waals surface area (Å²) < 4.78 is 42.5. The molecule has 2 aromatic rings. The summed E-state index contributed by atoms with van der Waals surface area (Å²) in [6.07, 6.45) is -4.80. The maximum Gasteiger partial charge on any atom is 0.455 e. The minimum Gasteiger partial charge on any atom is -0.386 e. The van der Waals surface area contributed by atoms with Gasteiger partial charge in [0.1, 0.15) is 5.84 Å². The van der Waals surface area contributed by atoms with E-state index in [1.54, 1.807) is 18.2 Å². The molecule has 1 aliphatic rings. The summed E-state index contributed by atoms with van der Waals surface area (Å²) >= 11 is 12.2. The van der Waals surface area contributed by atoms with Crippen molar-refractivity contribution in [2.75, 3.05) is 13.1 Å². The van der Waals surface area contributed by atoms with Crippen molar-refractivity contribution >= 4 is 34.7 Å². The van der Waals surface area contributed by atoms with E-state index in [-0.39, 0.29) is 18.0 Å². The Balaban J connectivity index is 1.78. The number of aliphatic imine (C=N–C) groups is 1. The van der Waals surface area contributed by atoms with Crippen molar-refractivity contribution < 1.29 is 17.7 Å². The smallest absolute Gasteiger partial charge is 0.386 e. The van der Waals surface area contributed by atoms with Crippen molar-refractivity contribution in [1.29, 1.82) is 5.41 Å². The zero-order valence-electron chi connectivity index (χ0n) is 14.3. The van der Waals surface area contributed by atoms with Crippen molar-refractivity contribution in [2.24, 2.45) is 10.7 Å². The summed E-state index contributed by atoms with van der Waals surface area (Å²) in [4.78, 5) is 9.35. The van der Waals surface area contributed by atoms with E-state index in [1.807, 2.05) is 4.90 Å². The molecule has 0 saturated carbocycles. The summed E-state index contributed by atoms with van der Waals surface area (Å²) in [6, 6.07) is 4.54. The van der Waals surface area contributed by atoms with E-state index in [2.05, 4.69) is 19.7 Å². The molecule has 0 bridgehead atoms. The molecule has 12 heteroatoms. The van der Waals surface area contributed by atoms with E-state index >= 15 is 0 Å². The van der Waals surface area contributed by atoms with E-state index in [9.17, 15) is 13.2 Å². The highest BCUT2D eigenvalue weighted by molar-refractivity contribution is 6.33. The number of hydrogen-bond donors (Lipinski definition) is 2. The Hall–Kier alpha value is -2.17. The van der Waals surface area contributed by atoms with Gasteiger partial charge in [-0.15, -0.1) is 0 Å². The minimum atomic E-state index is -4.75. The molecule has 1 atom stereocenters. The highest BCUT2D eigenvalue weighted by Gasteiger charge is 2.38. The van der Waals surface area contributed by atoms with Gasteiger partial charge in [-0.25, -0.2) is 0 Å². The number of aromatic nitrogens is 2. The molecule has 1 aliphatic heterocycles. The number of amidine groups is 1. The lowest BCUT2D eigenvalue weighted by atomic mass is 10.0. The molecule has 0 amide bonds. The zero-order chi connectivity index (χ0) is 20.5. The van der Waals surface area contributed by atoms with Crippen LogP contribution in [-0.2, 0) is 12.7 Å². The first-order chi connectivity index (χ1) is 13.1. The Labute approximate surface area is 167 Å². The van der Waals surface area contributed by atoms with Crippen molar-refractivity contribution in [1.82, 2.24) is 15.0 Å². The molecule has 1 aromatic carbocycles. The Bertz CT molecular complexity index is 914. The minimum absolute atomic E-state index is 0.0486. The molecule has 7 nitrogen and oxygen atoms in total. The summed E-state index contributed by atoms with van der Waals surface area (Å²) in [5, 5.41) is 12.0. The lowest BCUT2D eigenvalue weighted by molar-refractivity contribution is -0.146. The second-order valence-corrected chi connectivity index (χ2v) is 6.98. The average molecular weight is 435 g/mol. The van der Waals surface area contributed by atoms with E-state index < -0.39 is 23.9 Å². The number of benzene rings is 1. The van der Waals surface area contributed by atoms with E-state index in [0.29, 0.717) is 29.7 Å². The average Bonchev–Trinajstić information content (AvgIpc) is 3.11. The topological polar surface area (TPSA) is 104 Å². The third-order valence-electron chi connectivity index (χ3n) is 4.18. The number of alkyl halides is 3. The van der Waals surface area contributed by atoms with E-state index in [1.165, 1.54) is 0 Å². The number of halogens is 5. The predicted molar refractivity (Wildman–Crippen MR) is 97.9 cm³/mol. The quantitative estimate of drug-likeness (QED) is 0.701. The number of rotatable bonds is 5. The molecule has 2 heterocycles. The van der Waals surface area contributed by atoms with Gasteiger partial charge in [-0.2, -0.15) is 18.2 Å². The van der Waals surface area contributed by atoms with Crippen LogP contribution in [0.15, 0.2) is 27.7 Å². The van der Waals surface area contributed by atoms with Crippen molar-refractivity contribution in [3.63, 3.8) is 0 Å². The van der Waals surface area contributed by atoms with Gasteiger partial charge in [0.2, 0.25) is 0 Å². The van der Waals surface area contributed by atoms with Gasteiger partial charge < -0.3 is 10.3 Å². The molecule has 28 heavy (non-hydrogen) atoms. The maximum absolute atomic E-state index is 12.6. The summed E-state index contributed by atoms with van der Waals surface area (Å²) in [7, 11) is 0. The van der Waals surface area contributed by atoms with Gasteiger partial charge in [0.15, 0.2) is 0 Å². The number of hydrogen-bond acceptors (Lipinski definition) is 7. The Morgan fingerprint density at radius 2 is 2.11 bits per heavy atom. The molecular formula is C16H15Cl2F3N6O. The number of nitrogens with two attached hydrogens (primary N) is 1. The van der Waals surface area contributed by atoms with Crippen LogP contribution in [0.1, 0.15) is 23.7 Å². The number of nitrogens with zero attached hydrogens (tertiary/aromatic N) is 4. The first-order valence-electron chi connectivity index (χ1n) is 8.11. The number of nitrogens with one attached hydrogen (secondary N) is 1. The van der Waals surface area contributed by atoms with Crippen LogP contribution in [0.4, 0.5) is 13.2 Å². The van der Waals surface area contributed by atoms with Crippen LogP contribution in [-0.4, -0.2) is 45.7 Å². The Morgan fingerprint density at radius 1 is 1.36 bits per heavy atom. The highest BCUT2D eigenvalue weighted by Crippen LogP contribution is 2.27. The van der Waals surface area contributed by atoms with Crippen LogP contribution < -0.4 is 5.73 Å². The zero-order valence-corrected chi connectivity index (χ0v) is 15.8. The fourth-order valence-electron chi connectivity index (χ4n) is 2.80. The lowest BCUT2D eigenvalue weighted by Crippen LogP contribution is -2.50. The molecule has 0 aliphatic carbocycles. The van der Waals surface area contributed by atoms with E-state index in [4.69, 9.17) is 34.3 Å². The molecule has 3 rings (SSSR count). The molecule has 1 unspecified atom stereocenters. The third kappa shape index (κ3) is 4.62. The van der Waals surface area contributed by atoms with Gasteiger partial charge in [0.05, 0.1) is 18.3 Å². The second-order valence-electron chi connectivity index (χ2n) is 6.13. The molecule has 1 aromatic heterocycles. The largest absolute Gasteiger partial charge is 0.455 e. The van der Waals surface area contributed by atoms with Crippen LogP contribution in [0.25, 0.3) is 0 Å². The molecule has 0 saturated heterocycles. The van der Waals surface area contributed by atoms with Crippen molar-refractivity contribution in [3.8, 4) is 0 Å². The van der Waals surface area contributed by atoms with Crippen molar-refractivity contribution in [2.45, 2.75) is 25.2 Å². The van der Waals surface area contributed by atoms with Gasteiger partial charge in [-0.3, -0.25) is 15.3 Å². The lowest BCUT2D eigenvalue weighted by Gasteiger charge is -2.34. The molecule has 0 spiro atoms. The normalized spacial score (nSPS) is 18.2.